The van der Waals surface area contributed by atoms with Gasteiger partial charge in [-0.05, 0) is 0 Å². The zero-order chi connectivity index (χ0) is 7.11. The Morgan fingerprint density at radius 1 is 1.09 bits per heavy atom. The van der Waals surface area contributed by atoms with Crippen LogP contribution in [0.1, 0.15) is 5.56 Å². The van der Waals surface area contributed by atoms with Crippen LogP contribution >= 0.6 is 24.0 Å². The van der Waals surface area contributed by atoms with Crippen LogP contribution in [0.5, 0.6) is 0 Å². The molecular weight excluding hydrogens is 259 g/mol. The van der Waals surface area contributed by atoms with E-state index in [0.29, 0.717) is 0 Å². The molecule has 2 heteroatoms. The van der Waals surface area contributed by atoms with E-state index < -0.39 is 0 Å². The Hall–Kier alpha value is 0.326. The van der Waals surface area contributed by atoms with Crippen molar-refractivity contribution in [1.29, 1.82) is 0 Å². The normalized spacial score (nSPS) is 5.82. The fourth-order valence-corrected chi connectivity index (χ4v) is 0.478. The van der Waals surface area contributed by atoms with Crippen molar-refractivity contribution in [1.82, 2.24) is 0 Å². The summed E-state index contributed by atoms with van der Waals surface area (Å²) in [7, 11) is 0. The Morgan fingerprint density at radius 2 is 1.45 bits per heavy atom. The van der Waals surface area contributed by atoms with E-state index in [9.17, 15) is 0 Å². The minimum atomic E-state index is 0. The first kappa shape index (κ1) is 17.4. The first-order valence-electron chi connectivity index (χ1n) is 2.67. The molecule has 0 bridgehead atoms. The van der Waals surface area contributed by atoms with Crippen LogP contribution < -0.4 is 0 Å². The summed E-state index contributed by atoms with van der Waals surface area (Å²) in [6.45, 7) is 10.7. The molecule has 1 aromatic rings. The van der Waals surface area contributed by atoms with Crippen molar-refractivity contribution in [2.24, 2.45) is 0 Å². The first-order chi connectivity index (χ1) is 4.39. The second-order valence-electron chi connectivity index (χ2n) is 1.49. The summed E-state index contributed by atoms with van der Waals surface area (Å²) in [6.07, 6.45) is 0. The Labute approximate surface area is 102 Å². The van der Waals surface area contributed by atoms with Crippen LogP contribution in [-0.2, 0) is 0 Å². The quantitative estimate of drug-likeness (QED) is 0.386. The van der Waals surface area contributed by atoms with E-state index in [-0.39, 0.29) is 47.0 Å². The van der Waals surface area contributed by atoms with E-state index in [0.717, 1.165) is 5.56 Å². The third-order valence-corrected chi connectivity index (χ3v) is 0.843. The van der Waals surface area contributed by atoms with Gasteiger partial charge in [0, 0.05) is 0 Å². The SMILES string of the molecule is I.[CH-]=C.[CH2-]c1ccccc1.[Mg+2]. The number of halogens is 1. The molecule has 0 atom stereocenters. The minimum absolute atomic E-state index is 0. The molecular formula is C9H11IMg. The average molecular weight is 270 g/mol. The molecule has 0 radical (unpaired) electrons. The molecule has 0 nitrogen and oxygen atoms in total. The van der Waals surface area contributed by atoms with Crippen LogP contribution in [0.15, 0.2) is 36.9 Å². The van der Waals surface area contributed by atoms with Gasteiger partial charge in [-0.1, -0.05) is 6.07 Å². The molecule has 1 aromatic carbocycles. The number of hydrogen-bond donors (Lipinski definition) is 0. The van der Waals surface area contributed by atoms with Gasteiger partial charge in [0.25, 0.3) is 0 Å². The summed E-state index contributed by atoms with van der Waals surface area (Å²) in [5, 5.41) is 0. The smallest absolute Gasteiger partial charge is 0.521 e. The number of hydrogen-bond acceptors (Lipinski definition) is 0. The molecule has 0 amide bonds. The van der Waals surface area contributed by atoms with Crippen LogP contribution in [-0.4, -0.2) is 23.1 Å². The van der Waals surface area contributed by atoms with Crippen LogP contribution in [0.25, 0.3) is 0 Å². The molecule has 0 heterocycles. The number of rotatable bonds is 0. The first-order valence-corrected chi connectivity index (χ1v) is 2.67. The van der Waals surface area contributed by atoms with E-state index in [1.807, 2.05) is 30.3 Å². The van der Waals surface area contributed by atoms with Crippen molar-refractivity contribution in [3.8, 4) is 0 Å². The molecule has 0 saturated heterocycles. The maximum atomic E-state index is 4.25. The topological polar surface area (TPSA) is 0 Å². The molecule has 0 spiro atoms. The summed E-state index contributed by atoms with van der Waals surface area (Å²) in [5.74, 6) is 0. The Kier molecular flexibility index (Phi) is 20.5. The van der Waals surface area contributed by atoms with Crippen molar-refractivity contribution >= 4 is 47.0 Å². The monoisotopic (exact) mass is 270 g/mol. The van der Waals surface area contributed by atoms with Crippen molar-refractivity contribution in [2.45, 2.75) is 0 Å². The number of benzene rings is 1. The van der Waals surface area contributed by atoms with E-state index in [1.165, 1.54) is 0 Å². The van der Waals surface area contributed by atoms with E-state index in [2.05, 4.69) is 20.1 Å². The summed E-state index contributed by atoms with van der Waals surface area (Å²) < 4.78 is 0. The third kappa shape index (κ3) is 10.3. The molecule has 1 rings (SSSR count). The molecule has 0 aliphatic carbocycles. The largest absolute Gasteiger partial charge is 2.00 e. The van der Waals surface area contributed by atoms with Crippen molar-refractivity contribution in [3.63, 3.8) is 0 Å². The van der Waals surface area contributed by atoms with Gasteiger partial charge in [-0.25, -0.2) is 0 Å². The molecule has 11 heavy (non-hydrogen) atoms. The summed E-state index contributed by atoms with van der Waals surface area (Å²) in [4.78, 5) is 0. The van der Waals surface area contributed by atoms with Crippen LogP contribution in [0.4, 0.5) is 0 Å². The molecule has 56 valence electrons. The van der Waals surface area contributed by atoms with Gasteiger partial charge < -0.3 is 6.58 Å². The maximum Gasteiger partial charge on any atom is 2.00 e. The van der Waals surface area contributed by atoms with Gasteiger partial charge in [0.1, 0.15) is 0 Å². The standard InChI is InChI=1S/C7H7.C2H3.HI.Mg/c1-7-5-3-2-4-6-7;1-2;;/h2-6H,1H2;1H,2H2;1H;/q2*-1;;+2. The van der Waals surface area contributed by atoms with Gasteiger partial charge in [-0.2, -0.15) is 24.6 Å². The van der Waals surface area contributed by atoms with E-state index in [1.54, 1.807) is 0 Å². The summed E-state index contributed by atoms with van der Waals surface area (Å²) in [6, 6.07) is 9.87. The summed E-state index contributed by atoms with van der Waals surface area (Å²) in [5.41, 5.74) is 1.07. The average Bonchev–Trinajstić information content (AvgIpc) is 1.94. The fraction of sp³-hybridized carbons (Fsp3) is 0. The van der Waals surface area contributed by atoms with Gasteiger partial charge in [-0.15, -0.1) is 36.1 Å². The molecule has 0 aliphatic heterocycles. The van der Waals surface area contributed by atoms with Crippen LogP contribution in [0, 0.1) is 13.5 Å². The summed E-state index contributed by atoms with van der Waals surface area (Å²) >= 11 is 0. The maximum absolute atomic E-state index is 4.25. The van der Waals surface area contributed by atoms with Gasteiger partial charge in [-0.3, -0.25) is 6.58 Å². The van der Waals surface area contributed by atoms with Crippen LogP contribution in [0.3, 0.4) is 0 Å². The molecule has 0 aliphatic rings. The van der Waals surface area contributed by atoms with Crippen molar-refractivity contribution in [2.75, 3.05) is 0 Å². The molecule has 0 N–H and O–H groups in total. The van der Waals surface area contributed by atoms with Gasteiger partial charge in [0.15, 0.2) is 0 Å². The van der Waals surface area contributed by atoms with Gasteiger partial charge >= 0.3 is 23.1 Å². The van der Waals surface area contributed by atoms with Crippen molar-refractivity contribution in [3.05, 3.63) is 56.0 Å². The fourth-order valence-electron chi connectivity index (χ4n) is 0.478. The zero-order valence-corrected chi connectivity index (χ0v) is 10.2. The molecule has 0 aromatic heterocycles. The minimum Gasteiger partial charge on any atom is -0.521 e. The predicted octanol–water partition coefficient (Wildman–Crippen LogP) is 2.71. The van der Waals surface area contributed by atoms with Gasteiger partial charge in [0.2, 0.25) is 0 Å². The predicted molar refractivity (Wildman–Crippen MR) is 62.0 cm³/mol. The van der Waals surface area contributed by atoms with Crippen molar-refractivity contribution < 1.29 is 0 Å². The zero-order valence-electron chi connectivity index (χ0n) is 6.49. The van der Waals surface area contributed by atoms with E-state index in [4.69, 9.17) is 0 Å². The Balaban J connectivity index is -0.000000149. The molecule has 0 unspecified atom stereocenters. The Morgan fingerprint density at radius 3 is 1.64 bits per heavy atom. The van der Waals surface area contributed by atoms with Gasteiger partial charge in [0.05, 0.1) is 0 Å². The molecule has 0 fully saturated rings. The van der Waals surface area contributed by atoms with E-state index >= 15 is 0 Å². The second kappa shape index (κ2) is 13.0. The third-order valence-electron chi connectivity index (χ3n) is 0.843. The molecule has 0 saturated carbocycles. The second-order valence-corrected chi connectivity index (χ2v) is 1.49. The van der Waals surface area contributed by atoms with Crippen LogP contribution in [0.2, 0.25) is 0 Å². The Bertz CT molecular complexity index is 151.